The van der Waals surface area contributed by atoms with Gasteiger partial charge in [0.2, 0.25) is 0 Å². The largest absolute Gasteiger partial charge is 0.354 e. The molecule has 200 valence electrons. The van der Waals surface area contributed by atoms with Crippen LogP contribution in [0.15, 0.2) is 152 Å². The van der Waals surface area contributed by atoms with Gasteiger partial charge in [0.05, 0.1) is 11.4 Å². The second kappa shape index (κ2) is 12.3. The van der Waals surface area contributed by atoms with Gasteiger partial charge in [0.1, 0.15) is 0 Å². The standard InChI is InChI=1S/C38H33N2P/c1-28-23-37(39-34-19-11-5-12-20-34)38(24-29(28)2)40(35-21-13-6-14-22-35)41-36-26-32(30-15-7-3-8-16-30)25-33(27-36)31-17-9-4-10-18-31/h3-27,39,41H,1-2H3. The normalized spacial score (nSPS) is 11.1. The Labute approximate surface area is 245 Å². The van der Waals surface area contributed by atoms with Crippen molar-refractivity contribution in [1.29, 1.82) is 0 Å². The molecule has 0 bridgehead atoms. The summed E-state index contributed by atoms with van der Waals surface area (Å²) in [5.74, 6) is 0. The van der Waals surface area contributed by atoms with Crippen molar-refractivity contribution in [3.05, 3.63) is 163 Å². The molecule has 2 nitrogen and oxygen atoms in total. The van der Waals surface area contributed by atoms with Crippen LogP contribution >= 0.6 is 8.73 Å². The molecule has 0 aliphatic heterocycles. The Bertz CT molecular complexity index is 1680. The van der Waals surface area contributed by atoms with Gasteiger partial charge in [0, 0.05) is 20.1 Å². The fourth-order valence-electron chi connectivity index (χ4n) is 5.02. The van der Waals surface area contributed by atoms with Crippen molar-refractivity contribution in [1.82, 2.24) is 0 Å². The van der Waals surface area contributed by atoms with Crippen LogP contribution in [0, 0.1) is 13.8 Å². The predicted molar refractivity (Wildman–Crippen MR) is 179 cm³/mol. The number of anilines is 4. The summed E-state index contributed by atoms with van der Waals surface area (Å²) in [7, 11) is 0.377. The zero-order valence-corrected chi connectivity index (χ0v) is 24.4. The number of nitrogens with one attached hydrogen (secondary N) is 1. The van der Waals surface area contributed by atoms with Gasteiger partial charge in [-0.25, -0.2) is 0 Å². The molecule has 0 spiro atoms. The van der Waals surface area contributed by atoms with Crippen molar-refractivity contribution >= 4 is 36.8 Å². The van der Waals surface area contributed by atoms with Crippen LogP contribution < -0.4 is 15.3 Å². The Hall–Kier alpha value is -4.65. The van der Waals surface area contributed by atoms with E-state index in [2.05, 4.69) is 169 Å². The zero-order valence-electron chi connectivity index (χ0n) is 23.4. The summed E-state index contributed by atoms with van der Waals surface area (Å²) >= 11 is 0. The molecule has 0 radical (unpaired) electrons. The van der Waals surface area contributed by atoms with Crippen LogP contribution in [0.3, 0.4) is 0 Å². The molecule has 6 aromatic rings. The van der Waals surface area contributed by atoms with Gasteiger partial charge in [-0.05, 0) is 107 Å². The van der Waals surface area contributed by atoms with Crippen LogP contribution in [0.1, 0.15) is 11.1 Å². The minimum absolute atomic E-state index is 0.377. The number of benzene rings is 6. The molecule has 0 aliphatic carbocycles. The van der Waals surface area contributed by atoms with Crippen LogP contribution in [0.2, 0.25) is 0 Å². The molecule has 0 aliphatic rings. The Morgan fingerprint density at radius 2 is 0.976 bits per heavy atom. The highest BCUT2D eigenvalue weighted by Crippen LogP contribution is 2.43. The summed E-state index contributed by atoms with van der Waals surface area (Å²) in [6.07, 6.45) is 0. The molecule has 0 heterocycles. The van der Waals surface area contributed by atoms with Gasteiger partial charge in [-0.1, -0.05) is 97.1 Å². The average Bonchev–Trinajstić information content (AvgIpc) is 3.03. The molecule has 1 N–H and O–H groups in total. The number of nitrogens with zero attached hydrogens (tertiary/aromatic N) is 1. The lowest BCUT2D eigenvalue weighted by molar-refractivity contribution is 1.31. The quantitative estimate of drug-likeness (QED) is 0.190. The van der Waals surface area contributed by atoms with Crippen molar-refractivity contribution in [3.8, 4) is 22.3 Å². The van der Waals surface area contributed by atoms with Gasteiger partial charge >= 0.3 is 0 Å². The lowest BCUT2D eigenvalue weighted by Gasteiger charge is -2.29. The molecular weight excluding hydrogens is 515 g/mol. The first kappa shape index (κ1) is 26.6. The van der Waals surface area contributed by atoms with E-state index in [0.29, 0.717) is 8.73 Å². The second-order valence-corrected chi connectivity index (χ2v) is 11.5. The first-order valence-electron chi connectivity index (χ1n) is 14.0. The van der Waals surface area contributed by atoms with Crippen molar-refractivity contribution in [3.63, 3.8) is 0 Å². The number of hydrogen-bond acceptors (Lipinski definition) is 2. The first-order chi connectivity index (χ1) is 20.1. The highest BCUT2D eigenvalue weighted by molar-refractivity contribution is 7.49. The van der Waals surface area contributed by atoms with E-state index in [4.69, 9.17) is 0 Å². The molecule has 1 atom stereocenters. The van der Waals surface area contributed by atoms with Crippen molar-refractivity contribution in [2.75, 3.05) is 9.99 Å². The third-order valence-electron chi connectivity index (χ3n) is 7.31. The van der Waals surface area contributed by atoms with E-state index in [1.54, 1.807) is 0 Å². The summed E-state index contributed by atoms with van der Waals surface area (Å²) in [5, 5.41) is 4.99. The van der Waals surface area contributed by atoms with Crippen LogP contribution in [0.5, 0.6) is 0 Å². The van der Waals surface area contributed by atoms with E-state index in [1.165, 1.54) is 38.7 Å². The van der Waals surface area contributed by atoms with E-state index in [0.717, 1.165) is 22.7 Å². The molecule has 3 heteroatoms. The molecule has 0 aromatic heterocycles. The van der Waals surface area contributed by atoms with Gasteiger partial charge in [0.15, 0.2) is 0 Å². The summed E-state index contributed by atoms with van der Waals surface area (Å²) in [5.41, 5.74) is 11.9. The van der Waals surface area contributed by atoms with Gasteiger partial charge in [0.25, 0.3) is 0 Å². The van der Waals surface area contributed by atoms with Crippen LogP contribution in [0.4, 0.5) is 22.7 Å². The molecular formula is C38H33N2P. The third-order valence-corrected chi connectivity index (χ3v) is 8.58. The number of hydrogen-bond donors (Lipinski definition) is 1. The SMILES string of the molecule is Cc1cc(Nc2ccccc2)c(N(Pc2cc(-c3ccccc3)cc(-c3ccccc3)c2)c2ccccc2)cc1C. The van der Waals surface area contributed by atoms with Crippen LogP contribution in [-0.2, 0) is 0 Å². The summed E-state index contributed by atoms with van der Waals surface area (Å²) in [4.78, 5) is 0. The Morgan fingerprint density at radius 3 is 1.54 bits per heavy atom. The van der Waals surface area contributed by atoms with E-state index in [1.807, 2.05) is 6.07 Å². The lowest BCUT2D eigenvalue weighted by atomic mass is 9.99. The minimum atomic E-state index is 0.377. The smallest absolute Gasteiger partial charge is 0.0687 e. The van der Waals surface area contributed by atoms with Crippen molar-refractivity contribution in [2.24, 2.45) is 0 Å². The van der Waals surface area contributed by atoms with Crippen LogP contribution in [0.25, 0.3) is 22.3 Å². The molecule has 6 rings (SSSR count). The second-order valence-electron chi connectivity index (χ2n) is 10.3. The van der Waals surface area contributed by atoms with E-state index < -0.39 is 0 Å². The predicted octanol–water partition coefficient (Wildman–Crippen LogP) is 10.4. The highest BCUT2D eigenvalue weighted by Gasteiger charge is 2.18. The summed E-state index contributed by atoms with van der Waals surface area (Å²) in [6, 6.07) is 54.1. The number of para-hydroxylation sites is 2. The average molecular weight is 549 g/mol. The van der Waals surface area contributed by atoms with E-state index >= 15 is 0 Å². The lowest BCUT2D eigenvalue weighted by Crippen LogP contribution is -2.13. The molecule has 1 unspecified atom stereocenters. The fraction of sp³-hybridized carbons (Fsp3) is 0.0526. The monoisotopic (exact) mass is 548 g/mol. The summed E-state index contributed by atoms with van der Waals surface area (Å²) < 4.78 is 2.45. The number of aryl methyl sites for hydroxylation is 2. The van der Waals surface area contributed by atoms with Gasteiger partial charge < -0.3 is 9.99 Å². The molecule has 0 amide bonds. The molecule has 0 saturated heterocycles. The highest BCUT2D eigenvalue weighted by atomic mass is 31.1. The Morgan fingerprint density at radius 1 is 0.488 bits per heavy atom. The number of rotatable bonds is 8. The van der Waals surface area contributed by atoms with E-state index in [9.17, 15) is 0 Å². The van der Waals surface area contributed by atoms with Gasteiger partial charge in [-0.3, -0.25) is 0 Å². The third kappa shape index (κ3) is 6.24. The minimum Gasteiger partial charge on any atom is -0.354 e. The van der Waals surface area contributed by atoms with Gasteiger partial charge in [-0.2, -0.15) is 0 Å². The Kier molecular flexibility index (Phi) is 7.94. The summed E-state index contributed by atoms with van der Waals surface area (Å²) in [6.45, 7) is 4.38. The maximum atomic E-state index is 3.71. The zero-order chi connectivity index (χ0) is 28.0. The first-order valence-corrected chi connectivity index (χ1v) is 14.9. The van der Waals surface area contributed by atoms with Crippen molar-refractivity contribution < 1.29 is 0 Å². The van der Waals surface area contributed by atoms with Crippen LogP contribution in [-0.4, -0.2) is 0 Å². The van der Waals surface area contributed by atoms with E-state index in [-0.39, 0.29) is 0 Å². The molecule has 0 saturated carbocycles. The maximum absolute atomic E-state index is 3.71. The topological polar surface area (TPSA) is 15.3 Å². The Balaban J connectivity index is 1.49. The molecule has 41 heavy (non-hydrogen) atoms. The molecule has 6 aromatic carbocycles. The fourth-order valence-corrected chi connectivity index (χ4v) is 6.30. The maximum Gasteiger partial charge on any atom is 0.0687 e. The van der Waals surface area contributed by atoms with Crippen molar-refractivity contribution in [2.45, 2.75) is 13.8 Å². The van der Waals surface area contributed by atoms with Gasteiger partial charge in [-0.15, -0.1) is 0 Å². The molecule has 0 fully saturated rings.